The second kappa shape index (κ2) is 11.7. The molecule has 0 spiro atoms. The summed E-state index contributed by atoms with van der Waals surface area (Å²) in [5, 5.41) is 15.0. The van der Waals surface area contributed by atoms with Gasteiger partial charge in [-0.2, -0.15) is 0 Å². The van der Waals surface area contributed by atoms with Gasteiger partial charge in [0.15, 0.2) is 5.60 Å². The number of alkyl halides is 2. The van der Waals surface area contributed by atoms with Crippen molar-refractivity contribution in [3.05, 3.63) is 63.6 Å². The minimum absolute atomic E-state index is 0.186. The lowest BCUT2D eigenvalue weighted by Gasteiger charge is -2.48. The summed E-state index contributed by atoms with van der Waals surface area (Å²) in [6, 6.07) is 12.2. The van der Waals surface area contributed by atoms with Gasteiger partial charge in [0.25, 0.3) is 18.2 Å². The number of amides is 2. The molecule has 2 heterocycles. The zero-order valence-electron chi connectivity index (χ0n) is 21.3. The van der Waals surface area contributed by atoms with Gasteiger partial charge in [-0.05, 0) is 55.7 Å². The molecule has 0 radical (unpaired) electrons. The predicted molar refractivity (Wildman–Crippen MR) is 144 cm³/mol. The molecule has 2 saturated heterocycles. The van der Waals surface area contributed by atoms with Crippen LogP contribution in [-0.2, 0) is 10.4 Å². The molecule has 2 aromatic rings. The number of hydrogen-bond acceptors (Lipinski definition) is 5. The van der Waals surface area contributed by atoms with E-state index in [1.165, 1.54) is 14.0 Å². The fourth-order valence-corrected chi connectivity index (χ4v) is 5.52. The van der Waals surface area contributed by atoms with E-state index < -0.39 is 24.5 Å². The van der Waals surface area contributed by atoms with Crippen molar-refractivity contribution >= 4 is 40.7 Å². The van der Waals surface area contributed by atoms with Crippen molar-refractivity contribution in [2.45, 2.75) is 43.9 Å². The van der Waals surface area contributed by atoms with E-state index in [9.17, 15) is 23.5 Å². The number of benzene rings is 2. The Bertz CT molecular complexity index is 1170. The summed E-state index contributed by atoms with van der Waals surface area (Å²) in [6.45, 7) is 3.65. The lowest BCUT2D eigenvalue weighted by atomic mass is 9.92. The summed E-state index contributed by atoms with van der Waals surface area (Å²) in [5.41, 5.74) is -0.211. The van der Waals surface area contributed by atoms with E-state index in [-0.39, 0.29) is 22.5 Å². The molecule has 38 heavy (non-hydrogen) atoms. The minimum atomic E-state index is -2.61. The Kier molecular flexibility index (Phi) is 8.82. The molecule has 0 saturated carbocycles. The number of halogens is 4. The van der Waals surface area contributed by atoms with Crippen LogP contribution < -0.4 is 5.32 Å². The highest BCUT2D eigenvalue weighted by Gasteiger charge is 2.40. The van der Waals surface area contributed by atoms with Crippen molar-refractivity contribution in [2.24, 2.45) is 0 Å². The monoisotopic (exact) mass is 568 g/mol. The highest BCUT2D eigenvalue weighted by atomic mass is 35.5. The number of rotatable bonds is 8. The second-order valence-electron chi connectivity index (χ2n) is 10.2. The van der Waals surface area contributed by atoms with Crippen LogP contribution >= 0.6 is 23.2 Å². The molecule has 2 aliphatic rings. The first-order chi connectivity index (χ1) is 18.0. The van der Waals surface area contributed by atoms with Crippen LogP contribution in [-0.4, -0.2) is 89.9 Å². The SMILES string of the molecule is CN(CC(F)F)C(=O)c1ccc(NC2CN(C3CCN(C(=O)[C@@](C)(O)c4cccc(Cl)c4)CC3)C2)cc1Cl. The molecule has 2 N–H and O–H groups in total. The topological polar surface area (TPSA) is 76.1 Å². The Balaban J connectivity index is 1.24. The smallest absolute Gasteiger partial charge is 0.258 e. The highest BCUT2D eigenvalue weighted by molar-refractivity contribution is 6.34. The van der Waals surface area contributed by atoms with E-state index in [4.69, 9.17) is 23.2 Å². The van der Waals surface area contributed by atoms with Gasteiger partial charge in [-0.1, -0.05) is 35.3 Å². The number of carbonyl (C=O) groups excluding carboxylic acids is 2. The summed E-state index contributed by atoms with van der Waals surface area (Å²) >= 11 is 12.3. The zero-order chi connectivity index (χ0) is 27.6. The van der Waals surface area contributed by atoms with Crippen LogP contribution in [0.1, 0.15) is 35.7 Å². The average molecular weight is 569 g/mol. The van der Waals surface area contributed by atoms with Crippen molar-refractivity contribution < 1.29 is 23.5 Å². The summed E-state index contributed by atoms with van der Waals surface area (Å²) < 4.78 is 25.2. The first-order valence-corrected chi connectivity index (χ1v) is 13.3. The van der Waals surface area contributed by atoms with Crippen LogP contribution in [0.15, 0.2) is 42.5 Å². The number of piperidine rings is 1. The van der Waals surface area contributed by atoms with Gasteiger partial charge < -0.3 is 20.2 Å². The largest absolute Gasteiger partial charge is 0.380 e. The molecule has 11 heteroatoms. The predicted octanol–water partition coefficient (Wildman–Crippen LogP) is 4.33. The van der Waals surface area contributed by atoms with E-state index >= 15 is 0 Å². The molecule has 4 rings (SSSR count). The molecule has 7 nitrogen and oxygen atoms in total. The Morgan fingerprint density at radius 1 is 1.16 bits per heavy atom. The normalized spacial score (nSPS) is 18.7. The van der Waals surface area contributed by atoms with Crippen molar-refractivity contribution in [2.75, 3.05) is 45.1 Å². The third-order valence-corrected chi connectivity index (χ3v) is 7.86. The molecule has 206 valence electrons. The quantitative estimate of drug-likeness (QED) is 0.496. The van der Waals surface area contributed by atoms with Gasteiger partial charge in [-0.25, -0.2) is 8.78 Å². The maximum absolute atomic E-state index is 13.1. The van der Waals surface area contributed by atoms with Gasteiger partial charge in [0.2, 0.25) is 0 Å². The third-order valence-electron chi connectivity index (χ3n) is 7.31. The minimum Gasteiger partial charge on any atom is -0.380 e. The van der Waals surface area contributed by atoms with Crippen LogP contribution in [0.3, 0.4) is 0 Å². The number of nitrogens with zero attached hydrogens (tertiary/aromatic N) is 3. The molecule has 0 aromatic heterocycles. The Morgan fingerprint density at radius 2 is 1.84 bits per heavy atom. The molecular formula is C27H32Cl2F2N4O3. The van der Waals surface area contributed by atoms with E-state index in [1.807, 2.05) is 0 Å². The molecular weight excluding hydrogens is 537 g/mol. The number of nitrogens with one attached hydrogen (secondary N) is 1. The maximum atomic E-state index is 13.1. The number of carbonyl (C=O) groups is 2. The van der Waals surface area contributed by atoms with Crippen LogP contribution in [0.25, 0.3) is 0 Å². The summed E-state index contributed by atoms with van der Waals surface area (Å²) in [6.07, 6.45) is -0.973. The first-order valence-electron chi connectivity index (χ1n) is 12.6. The molecule has 0 unspecified atom stereocenters. The zero-order valence-corrected chi connectivity index (χ0v) is 22.9. The van der Waals surface area contributed by atoms with E-state index in [0.29, 0.717) is 29.7 Å². The second-order valence-corrected chi connectivity index (χ2v) is 11.0. The summed E-state index contributed by atoms with van der Waals surface area (Å²) in [5.74, 6) is -0.865. The van der Waals surface area contributed by atoms with Crippen LogP contribution in [0, 0.1) is 0 Å². The Hall–Kier alpha value is -2.46. The Labute approximate surface area is 231 Å². The van der Waals surface area contributed by atoms with E-state index in [0.717, 1.165) is 36.5 Å². The van der Waals surface area contributed by atoms with E-state index in [1.54, 1.807) is 47.4 Å². The number of anilines is 1. The highest BCUT2D eigenvalue weighted by Crippen LogP contribution is 2.30. The summed E-state index contributed by atoms with van der Waals surface area (Å²) in [4.78, 5) is 30.5. The standard InChI is InChI=1S/C27H32Cl2F2N4O3/c1-27(38,17-4-3-5-18(28)12-17)26(37)34-10-8-21(9-11-34)35-14-20(15-35)32-19-6-7-22(23(29)13-19)25(36)33(2)16-24(30)31/h3-7,12-13,20-21,24,32,38H,8-11,14-16H2,1-2H3/t27-/m0/s1. The van der Waals surface area contributed by atoms with Gasteiger partial charge in [0.05, 0.1) is 23.2 Å². The maximum Gasteiger partial charge on any atom is 0.258 e. The van der Waals surface area contributed by atoms with Crippen LogP contribution in [0.4, 0.5) is 14.5 Å². The summed E-state index contributed by atoms with van der Waals surface area (Å²) in [7, 11) is 1.32. The lowest BCUT2D eigenvalue weighted by Crippen LogP contribution is -2.61. The molecule has 2 aromatic carbocycles. The first kappa shape index (κ1) is 28.5. The molecule has 0 bridgehead atoms. The van der Waals surface area contributed by atoms with Gasteiger partial charge in [0.1, 0.15) is 0 Å². The van der Waals surface area contributed by atoms with Crippen molar-refractivity contribution in [1.29, 1.82) is 0 Å². The fraction of sp³-hybridized carbons (Fsp3) is 0.481. The Morgan fingerprint density at radius 3 is 2.45 bits per heavy atom. The van der Waals surface area contributed by atoms with Crippen LogP contribution in [0.5, 0.6) is 0 Å². The van der Waals surface area contributed by atoms with Crippen molar-refractivity contribution in [3.8, 4) is 0 Å². The molecule has 0 aliphatic carbocycles. The molecule has 2 fully saturated rings. The molecule has 1 atom stereocenters. The lowest BCUT2D eigenvalue weighted by molar-refractivity contribution is -0.152. The van der Waals surface area contributed by atoms with Crippen molar-refractivity contribution in [1.82, 2.24) is 14.7 Å². The number of hydrogen-bond donors (Lipinski definition) is 2. The molecule has 2 aliphatic heterocycles. The van der Waals surface area contributed by atoms with Gasteiger partial charge in [-0.15, -0.1) is 0 Å². The van der Waals surface area contributed by atoms with Gasteiger partial charge in [0, 0.05) is 50.0 Å². The third kappa shape index (κ3) is 6.39. The fourth-order valence-electron chi connectivity index (χ4n) is 5.07. The van der Waals surface area contributed by atoms with Gasteiger partial charge in [-0.3, -0.25) is 14.5 Å². The van der Waals surface area contributed by atoms with Gasteiger partial charge >= 0.3 is 0 Å². The van der Waals surface area contributed by atoms with Crippen molar-refractivity contribution in [3.63, 3.8) is 0 Å². The average Bonchev–Trinajstić information content (AvgIpc) is 2.85. The number of likely N-dealkylation sites (tertiary alicyclic amines) is 2. The number of aliphatic hydroxyl groups is 1. The molecule has 2 amide bonds. The van der Waals surface area contributed by atoms with Crippen LogP contribution in [0.2, 0.25) is 10.0 Å². The van der Waals surface area contributed by atoms with E-state index in [2.05, 4.69) is 10.2 Å².